The van der Waals surface area contributed by atoms with E-state index in [0.717, 1.165) is 12.8 Å². The lowest BCUT2D eigenvalue weighted by Crippen LogP contribution is -2.20. The monoisotopic (exact) mass is 155 g/mol. The standard InChI is InChI=1S/C7H9NOS/c8-7(10)5-3-1-2-4-6(5)9/h3H,1-2,4H2,(H2,8,10). The zero-order chi connectivity index (χ0) is 7.56. The number of ketones is 1. The van der Waals surface area contributed by atoms with Crippen LogP contribution < -0.4 is 5.73 Å². The van der Waals surface area contributed by atoms with Crippen molar-refractivity contribution in [2.45, 2.75) is 19.3 Å². The van der Waals surface area contributed by atoms with Gasteiger partial charge >= 0.3 is 0 Å². The Balaban J connectivity index is 2.81. The van der Waals surface area contributed by atoms with Crippen molar-refractivity contribution in [2.75, 3.05) is 0 Å². The molecule has 2 N–H and O–H groups in total. The summed E-state index contributed by atoms with van der Waals surface area (Å²) in [6.07, 6.45) is 4.29. The second kappa shape index (κ2) is 2.92. The normalized spacial score (nSPS) is 18.4. The maximum atomic E-state index is 11.0. The van der Waals surface area contributed by atoms with Crippen molar-refractivity contribution in [3.63, 3.8) is 0 Å². The molecule has 3 heteroatoms. The van der Waals surface area contributed by atoms with Crippen LogP contribution in [0.1, 0.15) is 19.3 Å². The van der Waals surface area contributed by atoms with Gasteiger partial charge in [-0.15, -0.1) is 0 Å². The molecule has 0 amide bonds. The molecule has 0 aromatic rings. The molecule has 1 aliphatic carbocycles. The number of carbonyl (C=O) groups is 1. The lowest BCUT2D eigenvalue weighted by Gasteiger charge is -2.08. The SMILES string of the molecule is NC(=S)C1=CCCCC1=O. The summed E-state index contributed by atoms with van der Waals surface area (Å²) in [4.78, 5) is 11.2. The van der Waals surface area contributed by atoms with Crippen LogP contribution in [-0.4, -0.2) is 10.8 Å². The van der Waals surface area contributed by atoms with Gasteiger partial charge in [-0.05, 0) is 12.8 Å². The fraction of sp³-hybridized carbons (Fsp3) is 0.429. The summed E-state index contributed by atoms with van der Waals surface area (Å²) < 4.78 is 0. The Labute approximate surface area is 65.1 Å². The first kappa shape index (κ1) is 7.41. The van der Waals surface area contributed by atoms with Crippen LogP contribution in [-0.2, 0) is 4.79 Å². The Morgan fingerprint density at radius 3 is 2.80 bits per heavy atom. The minimum atomic E-state index is 0.0961. The molecule has 0 aromatic heterocycles. The summed E-state index contributed by atoms with van der Waals surface area (Å²) in [5, 5.41) is 0. The summed E-state index contributed by atoms with van der Waals surface area (Å²) in [6, 6.07) is 0. The molecule has 0 heterocycles. The van der Waals surface area contributed by atoms with Crippen molar-refractivity contribution in [1.29, 1.82) is 0 Å². The zero-order valence-corrected chi connectivity index (χ0v) is 6.41. The maximum absolute atomic E-state index is 11.0. The van der Waals surface area contributed by atoms with Crippen LogP contribution in [0.3, 0.4) is 0 Å². The fourth-order valence-electron chi connectivity index (χ4n) is 0.996. The second-order valence-corrected chi connectivity index (χ2v) is 2.74. The van der Waals surface area contributed by atoms with Gasteiger partial charge in [-0.2, -0.15) is 0 Å². The van der Waals surface area contributed by atoms with Crippen LogP contribution in [0.25, 0.3) is 0 Å². The summed E-state index contributed by atoms with van der Waals surface area (Å²) in [5.41, 5.74) is 5.86. The minimum Gasteiger partial charge on any atom is -0.389 e. The van der Waals surface area contributed by atoms with Gasteiger partial charge in [0, 0.05) is 12.0 Å². The first-order chi connectivity index (χ1) is 4.72. The van der Waals surface area contributed by atoms with Gasteiger partial charge in [0.25, 0.3) is 0 Å². The van der Waals surface area contributed by atoms with Crippen molar-refractivity contribution >= 4 is 23.0 Å². The molecule has 1 rings (SSSR count). The van der Waals surface area contributed by atoms with E-state index in [9.17, 15) is 4.79 Å². The second-order valence-electron chi connectivity index (χ2n) is 2.30. The number of thiocarbonyl (C=S) groups is 1. The van der Waals surface area contributed by atoms with Gasteiger partial charge in [-0.1, -0.05) is 18.3 Å². The van der Waals surface area contributed by atoms with E-state index in [2.05, 4.69) is 12.2 Å². The van der Waals surface area contributed by atoms with Gasteiger partial charge < -0.3 is 5.73 Å². The number of rotatable bonds is 1. The predicted molar refractivity (Wildman–Crippen MR) is 43.7 cm³/mol. The zero-order valence-electron chi connectivity index (χ0n) is 5.59. The number of nitrogens with two attached hydrogens (primary N) is 1. The highest BCUT2D eigenvalue weighted by atomic mass is 32.1. The number of Topliss-reactive ketones (excluding diaryl/α,β-unsaturated/α-hetero) is 1. The summed E-state index contributed by atoms with van der Waals surface area (Å²) in [7, 11) is 0. The Morgan fingerprint density at radius 2 is 2.40 bits per heavy atom. The van der Waals surface area contributed by atoms with Crippen molar-refractivity contribution in [2.24, 2.45) is 5.73 Å². The number of allylic oxidation sites excluding steroid dienone is 1. The maximum Gasteiger partial charge on any atom is 0.165 e. The van der Waals surface area contributed by atoms with Gasteiger partial charge in [0.2, 0.25) is 0 Å². The van der Waals surface area contributed by atoms with Crippen LogP contribution >= 0.6 is 12.2 Å². The van der Waals surface area contributed by atoms with E-state index in [1.54, 1.807) is 0 Å². The highest BCUT2D eigenvalue weighted by molar-refractivity contribution is 7.80. The van der Waals surface area contributed by atoms with E-state index in [4.69, 9.17) is 5.73 Å². The molecule has 1 aliphatic rings. The van der Waals surface area contributed by atoms with Gasteiger partial charge in [0.15, 0.2) is 5.78 Å². The molecular formula is C7H9NOS. The van der Waals surface area contributed by atoms with E-state index in [0.29, 0.717) is 12.0 Å². The Kier molecular flexibility index (Phi) is 2.17. The smallest absolute Gasteiger partial charge is 0.165 e. The molecule has 0 unspecified atom stereocenters. The minimum absolute atomic E-state index is 0.0961. The fourth-order valence-corrected chi connectivity index (χ4v) is 1.19. The third-order valence-electron chi connectivity index (χ3n) is 1.52. The first-order valence-electron chi connectivity index (χ1n) is 3.25. The van der Waals surface area contributed by atoms with Crippen molar-refractivity contribution in [3.05, 3.63) is 11.6 Å². The molecule has 0 saturated heterocycles. The van der Waals surface area contributed by atoms with Crippen LogP contribution in [0.2, 0.25) is 0 Å². The molecule has 54 valence electrons. The number of hydrogen-bond acceptors (Lipinski definition) is 2. The lowest BCUT2D eigenvalue weighted by molar-refractivity contribution is -0.115. The highest BCUT2D eigenvalue weighted by Crippen LogP contribution is 2.13. The van der Waals surface area contributed by atoms with E-state index in [-0.39, 0.29) is 10.8 Å². The van der Waals surface area contributed by atoms with Crippen LogP contribution in [0.4, 0.5) is 0 Å². The van der Waals surface area contributed by atoms with E-state index < -0.39 is 0 Å². The highest BCUT2D eigenvalue weighted by Gasteiger charge is 2.14. The average Bonchev–Trinajstić information content (AvgIpc) is 1.88. The Morgan fingerprint density at radius 1 is 1.70 bits per heavy atom. The molecule has 0 saturated carbocycles. The van der Waals surface area contributed by atoms with Gasteiger partial charge in [-0.3, -0.25) is 4.79 Å². The molecule has 10 heavy (non-hydrogen) atoms. The number of hydrogen-bond donors (Lipinski definition) is 1. The third-order valence-corrected chi connectivity index (χ3v) is 1.74. The van der Waals surface area contributed by atoms with Crippen LogP contribution in [0.15, 0.2) is 11.6 Å². The van der Waals surface area contributed by atoms with Gasteiger partial charge in [0.05, 0.1) is 0 Å². The average molecular weight is 155 g/mol. The van der Waals surface area contributed by atoms with E-state index in [1.807, 2.05) is 6.08 Å². The van der Waals surface area contributed by atoms with E-state index >= 15 is 0 Å². The Hall–Kier alpha value is -0.700. The molecule has 0 bridgehead atoms. The van der Waals surface area contributed by atoms with Crippen molar-refractivity contribution in [3.8, 4) is 0 Å². The van der Waals surface area contributed by atoms with Crippen molar-refractivity contribution in [1.82, 2.24) is 0 Å². The molecule has 0 radical (unpaired) electrons. The molecule has 2 nitrogen and oxygen atoms in total. The van der Waals surface area contributed by atoms with Crippen LogP contribution in [0.5, 0.6) is 0 Å². The van der Waals surface area contributed by atoms with E-state index in [1.165, 1.54) is 0 Å². The summed E-state index contributed by atoms with van der Waals surface area (Å²) in [6.45, 7) is 0. The first-order valence-corrected chi connectivity index (χ1v) is 3.66. The third kappa shape index (κ3) is 1.42. The molecule has 0 spiro atoms. The molecule has 0 aromatic carbocycles. The molecule has 0 aliphatic heterocycles. The van der Waals surface area contributed by atoms with Gasteiger partial charge in [-0.25, -0.2) is 0 Å². The largest absolute Gasteiger partial charge is 0.389 e. The van der Waals surface area contributed by atoms with Crippen LogP contribution in [0, 0.1) is 0 Å². The predicted octanol–water partition coefficient (Wildman–Crippen LogP) is 0.952. The quantitative estimate of drug-likeness (QED) is 0.573. The summed E-state index contributed by atoms with van der Waals surface area (Å²) >= 11 is 4.68. The number of carbonyl (C=O) groups excluding carboxylic acids is 1. The van der Waals surface area contributed by atoms with Crippen molar-refractivity contribution < 1.29 is 4.79 Å². The molecule has 0 fully saturated rings. The molecule has 0 atom stereocenters. The Bertz CT molecular complexity index is 208. The van der Waals surface area contributed by atoms with Gasteiger partial charge in [0.1, 0.15) is 4.99 Å². The molecular weight excluding hydrogens is 146 g/mol. The lowest BCUT2D eigenvalue weighted by atomic mass is 9.98. The topological polar surface area (TPSA) is 43.1 Å². The summed E-state index contributed by atoms with van der Waals surface area (Å²) in [5.74, 6) is 0.0961.